The minimum Gasteiger partial charge on any atom is -0.465 e. The maximum absolute atomic E-state index is 12.8. The number of carbonyl (C=O) groups is 2. The second-order valence-electron chi connectivity index (χ2n) is 6.57. The molecule has 0 saturated heterocycles. The van der Waals surface area contributed by atoms with E-state index in [1.54, 1.807) is 20.8 Å². The van der Waals surface area contributed by atoms with Crippen LogP contribution in [0.4, 0.5) is 0 Å². The smallest absolute Gasteiger partial charge is 0.324 e. The lowest BCUT2D eigenvalue weighted by molar-refractivity contribution is -0.171. The Morgan fingerprint density at radius 1 is 0.929 bits per heavy atom. The molecule has 0 fully saturated rings. The number of ether oxygens (including phenoxy) is 2. The molecule has 0 aliphatic carbocycles. The molecule has 0 bridgehead atoms. The van der Waals surface area contributed by atoms with Gasteiger partial charge in [0.1, 0.15) is 0 Å². The van der Waals surface area contributed by atoms with Crippen molar-refractivity contribution in [1.82, 2.24) is 0 Å². The minimum absolute atomic E-state index is 0.0714. The van der Waals surface area contributed by atoms with E-state index in [0.717, 1.165) is 44.1 Å². The summed E-state index contributed by atoms with van der Waals surface area (Å²) in [5.41, 5.74) is -0.488. The van der Waals surface area contributed by atoms with Gasteiger partial charge in [0.05, 0.1) is 13.2 Å². The molecule has 0 radical (unpaired) electrons. The second-order valence-corrected chi connectivity index (χ2v) is 6.57. The van der Waals surface area contributed by atoms with Crippen LogP contribution < -0.4 is 0 Å². The number of esters is 2. The summed E-state index contributed by atoms with van der Waals surface area (Å²) in [6.07, 6.45) is 8.07. The first kappa shape index (κ1) is 25.8. The summed E-state index contributed by atoms with van der Waals surface area (Å²) in [7, 11) is 0. The van der Waals surface area contributed by atoms with Crippen LogP contribution in [-0.4, -0.2) is 25.2 Å². The predicted octanol–water partition coefficient (Wildman–Crippen LogP) is 5.21. The molecule has 28 heavy (non-hydrogen) atoms. The Kier molecular flexibility index (Phi) is 14.6. The van der Waals surface area contributed by atoms with Crippen molar-refractivity contribution in [3.05, 3.63) is 11.6 Å². The third-order valence-corrected chi connectivity index (χ3v) is 4.30. The highest BCUT2D eigenvalue weighted by Gasteiger charge is 2.47. The number of allylic oxidation sites excluding steroid dienone is 2. The first-order valence-corrected chi connectivity index (χ1v) is 10.4. The molecule has 4 nitrogen and oxygen atoms in total. The molecule has 0 aliphatic rings. The molecule has 0 atom stereocenters. The zero-order valence-electron chi connectivity index (χ0n) is 18.3. The van der Waals surface area contributed by atoms with Gasteiger partial charge in [0.15, 0.2) is 5.41 Å². The molecule has 0 aromatic rings. The van der Waals surface area contributed by atoms with E-state index in [4.69, 9.17) is 9.47 Å². The molecule has 0 aromatic carbocycles. The molecular formula is C24H36O4. The summed E-state index contributed by atoms with van der Waals surface area (Å²) < 4.78 is 10.5. The lowest BCUT2D eigenvalue weighted by atomic mass is 9.80. The van der Waals surface area contributed by atoms with Gasteiger partial charge in [-0.1, -0.05) is 44.6 Å². The Balaban J connectivity index is 5.87. The number of rotatable bonds is 12. The first-order valence-electron chi connectivity index (χ1n) is 10.4. The van der Waals surface area contributed by atoms with Gasteiger partial charge in [-0.25, -0.2) is 0 Å². The highest BCUT2D eigenvalue weighted by molar-refractivity contribution is 6.00. The van der Waals surface area contributed by atoms with Crippen LogP contribution in [0.15, 0.2) is 11.6 Å². The fourth-order valence-electron chi connectivity index (χ4n) is 2.57. The van der Waals surface area contributed by atoms with Crippen LogP contribution in [0.3, 0.4) is 0 Å². The fourth-order valence-corrected chi connectivity index (χ4v) is 2.57. The van der Waals surface area contributed by atoms with Gasteiger partial charge in [0.2, 0.25) is 0 Å². The average Bonchev–Trinajstić information content (AvgIpc) is 2.69. The summed E-state index contributed by atoms with van der Waals surface area (Å²) in [6, 6.07) is 0. The van der Waals surface area contributed by atoms with E-state index < -0.39 is 17.4 Å². The normalized spacial score (nSPS) is 11.0. The van der Waals surface area contributed by atoms with Crippen molar-refractivity contribution < 1.29 is 19.1 Å². The van der Waals surface area contributed by atoms with Crippen molar-refractivity contribution >= 4 is 11.9 Å². The quantitative estimate of drug-likeness (QED) is 0.199. The summed E-state index contributed by atoms with van der Waals surface area (Å²) in [5, 5.41) is 0. The summed E-state index contributed by atoms with van der Waals surface area (Å²) in [5.74, 6) is 10.9. The van der Waals surface area contributed by atoms with Crippen LogP contribution >= 0.6 is 0 Å². The monoisotopic (exact) mass is 388 g/mol. The molecule has 4 heteroatoms. The number of hydrogen-bond donors (Lipinski definition) is 0. The van der Waals surface area contributed by atoms with E-state index in [2.05, 4.69) is 37.5 Å². The molecule has 0 unspecified atom stereocenters. The largest absolute Gasteiger partial charge is 0.465 e. The maximum Gasteiger partial charge on any atom is 0.324 e. The summed E-state index contributed by atoms with van der Waals surface area (Å²) >= 11 is 0. The molecule has 0 spiro atoms. The van der Waals surface area contributed by atoms with Gasteiger partial charge < -0.3 is 9.47 Å². The SMILES string of the molecule is CC#CCC(C/C=C(\C#CCCCC)CCCC)(C(=O)OCC)C(=O)OCC. The molecule has 0 aromatic heterocycles. The van der Waals surface area contributed by atoms with Crippen LogP contribution in [0.1, 0.15) is 86.0 Å². The van der Waals surface area contributed by atoms with Crippen molar-refractivity contribution in [2.24, 2.45) is 5.41 Å². The fraction of sp³-hybridized carbons (Fsp3) is 0.667. The van der Waals surface area contributed by atoms with Crippen LogP contribution in [0.5, 0.6) is 0 Å². The van der Waals surface area contributed by atoms with Crippen molar-refractivity contribution in [2.75, 3.05) is 13.2 Å². The third-order valence-electron chi connectivity index (χ3n) is 4.30. The Labute approximate surface area is 171 Å². The van der Waals surface area contributed by atoms with Crippen molar-refractivity contribution in [3.63, 3.8) is 0 Å². The second kappa shape index (κ2) is 15.8. The molecule has 0 N–H and O–H groups in total. The number of unbranched alkanes of at least 4 members (excludes halogenated alkanes) is 3. The van der Waals surface area contributed by atoms with Crippen LogP contribution in [0.25, 0.3) is 0 Å². The van der Waals surface area contributed by atoms with Crippen molar-refractivity contribution in [2.45, 2.75) is 86.0 Å². The van der Waals surface area contributed by atoms with Crippen LogP contribution in [0, 0.1) is 29.1 Å². The highest BCUT2D eigenvalue weighted by atomic mass is 16.6. The van der Waals surface area contributed by atoms with E-state index in [1.807, 2.05) is 6.08 Å². The summed E-state index contributed by atoms with van der Waals surface area (Å²) in [6.45, 7) is 9.79. The Morgan fingerprint density at radius 3 is 2.04 bits per heavy atom. The van der Waals surface area contributed by atoms with E-state index in [0.29, 0.717) is 0 Å². The zero-order valence-corrected chi connectivity index (χ0v) is 18.3. The molecular weight excluding hydrogens is 352 g/mol. The van der Waals surface area contributed by atoms with Gasteiger partial charge in [-0.05, 0) is 52.0 Å². The van der Waals surface area contributed by atoms with E-state index in [9.17, 15) is 9.59 Å². The van der Waals surface area contributed by atoms with Gasteiger partial charge in [0, 0.05) is 12.8 Å². The first-order chi connectivity index (χ1) is 13.5. The Hall–Kier alpha value is -2.20. The van der Waals surface area contributed by atoms with Gasteiger partial charge in [-0.15, -0.1) is 11.8 Å². The minimum atomic E-state index is -1.45. The van der Waals surface area contributed by atoms with Crippen LogP contribution in [0.2, 0.25) is 0 Å². The lowest BCUT2D eigenvalue weighted by Crippen LogP contribution is -2.41. The third kappa shape index (κ3) is 9.14. The van der Waals surface area contributed by atoms with Gasteiger partial charge in [-0.2, -0.15) is 0 Å². The van der Waals surface area contributed by atoms with Crippen molar-refractivity contribution in [3.8, 4) is 23.7 Å². The van der Waals surface area contributed by atoms with E-state index >= 15 is 0 Å². The van der Waals surface area contributed by atoms with Crippen molar-refractivity contribution in [1.29, 1.82) is 0 Å². The van der Waals surface area contributed by atoms with E-state index in [1.165, 1.54) is 0 Å². The maximum atomic E-state index is 12.8. The number of hydrogen-bond acceptors (Lipinski definition) is 4. The highest BCUT2D eigenvalue weighted by Crippen LogP contribution is 2.32. The standard InChI is InChI=1S/C24H36O4/c1-6-11-14-15-17-21(16-12-7-2)18-20-24(19-13-8-3,22(25)27-9-4)23(26)28-10-5/h18H,6-7,9-12,14,16,19-20H2,1-5H3/b21-18-. The molecule has 0 rings (SSSR count). The molecule has 0 heterocycles. The molecule has 0 aliphatic heterocycles. The Morgan fingerprint density at radius 2 is 1.54 bits per heavy atom. The predicted molar refractivity (Wildman–Crippen MR) is 113 cm³/mol. The van der Waals surface area contributed by atoms with Gasteiger partial charge >= 0.3 is 11.9 Å². The van der Waals surface area contributed by atoms with Gasteiger partial charge in [-0.3, -0.25) is 9.59 Å². The molecule has 0 saturated carbocycles. The van der Waals surface area contributed by atoms with E-state index in [-0.39, 0.29) is 26.1 Å². The molecule has 156 valence electrons. The lowest BCUT2D eigenvalue weighted by Gasteiger charge is -2.26. The summed E-state index contributed by atoms with van der Waals surface area (Å²) in [4.78, 5) is 25.5. The van der Waals surface area contributed by atoms with Crippen LogP contribution in [-0.2, 0) is 19.1 Å². The molecule has 0 amide bonds. The zero-order chi connectivity index (χ0) is 21.3. The van der Waals surface area contributed by atoms with Gasteiger partial charge in [0.25, 0.3) is 0 Å². The average molecular weight is 389 g/mol. The Bertz CT molecular complexity index is 604. The number of carbonyl (C=O) groups excluding carboxylic acids is 2. The topological polar surface area (TPSA) is 52.6 Å².